The molecule has 0 atom stereocenters. The Bertz CT molecular complexity index is 400. The van der Waals surface area contributed by atoms with Gasteiger partial charge in [-0.05, 0) is 35.6 Å². The predicted molar refractivity (Wildman–Crippen MR) is 75.9 cm³/mol. The van der Waals surface area contributed by atoms with Gasteiger partial charge in [-0.3, -0.25) is 0 Å². The molecular weight excluding hydrogens is 312 g/mol. The number of hydrogen-bond acceptors (Lipinski definition) is 4. The summed E-state index contributed by atoms with van der Waals surface area (Å²) in [5.41, 5.74) is -0.358. The summed E-state index contributed by atoms with van der Waals surface area (Å²) in [5, 5.41) is 0. The zero-order valence-corrected chi connectivity index (χ0v) is 13.7. The minimum atomic E-state index is -1.66. The SMILES string of the molecule is C[Si](C)(C)OC1(c2ncc(Br)cn2)CCOCC1. The predicted octanol–water partition coefficient (Wildman–Crippen LogP) is 3.10. The number of aromatic nitrogens is 2. The molecule has 1 aromatic rings. The molecule has 100 valence electrons. The molecular formula is C12H19BrN2O2Si. The van der Waals surface area contributed by atoms with Crippen molar-refractivity contribution in [1.82, 2.24) is 9.97 Å². The van der Waals surface area contributed by atoms with E-state index in [0.717, 1.165) is 23.1 Å². The first-order valence-corrected chi connectivity index (χ1v) is 10.4. The van der Waals surface area contributed by atoms with Gasteiger partial charge in [-0.15, -0.1) is 0 Å². The fourth-order valence-corrected chi connectivity index (χ4v) is 3.88. The van der Waals surface area contributed by atoms with Crippen molar-refractivity contribution in [2.24, 2.45) is 0 Å². The van der Waals surface area contributed by atoms with Crippen molar-refractivity contribution in [2.75, 3.05) is 13.2 Å². The van der Waals surface area contributed by atoms with Crippen LogP contribution in [0.25, 0.3) is 0 Å². The van der Waals surface area contributed by atoms with E-state index in [0.29, 0.717) is 13.2 Å². The summed E-state index contributed by atoms with van der Waals surface area (Å²) in [6.45, 7) is 8.02. The maximum absolute atomic E-state index is 6.41. The van der Waals surface area contributed by atoms with Crippen LogP contribution in [0.15, 0.2) is 16.9 Å². The number of hydrogen-bond donors (Lipinski definition) is 0. The Kier molecular flexibility index (Phi) is 4.20. The van der Waals surface area contributed by atoms with E-state index < -0.39 is 8.32 Å². The highest BCUT2D eigenvalue weighted by Gasteiger charge is 2.41. The first kappa shape index (κ1) is 14.1. The fourth-order valence-electron chi connectivity index (χ4n) is 2.21. The van der Waals surface area contributed by atoms with E-state index in [-0.39, 0.29) is 5.60 Å². The lowest BCUT2D eigenvalue weighted by molar-refractivity contribution is -0.0605. The van der Waals surface area contributed by atoms with E-state index in [9.17, 15) is 0 Å². The highest BCUT2D eigenvalue weighted by atomic mass is 79.9. The molecule has 0 bridgehead atoms. The molecule has 1 fully saturated rings. The molecule has 0 radical (unpaired) electrons. The maximum atomic E-state index is 6.41. The Morgan fingerprint density at radius 2 is 1.78 bits per heavy atom. The van der Waals surface area contributed by atoms with E-state index in [2.05, 4.69) is 45.5 Å². The maximum Gasteiger partial charge on any atom is 0.185 e. The Hall–Kier alpha value is -0.303. The van der Waals surface area contributed by atoms with Crippen LogP contribution in [0.4, 0.5) is 0 Å². The number of halogens is 1. The fraction of sp³-hybridized carbons (Fsp3) is 0.667. The van der Waals surface area contributed by atoms with Gasteiger partial charge in [0.2, 0.25) is 0 Å². The van der Waals surface area contributed by atoms with Gasteiger partial charge in [0.05, 0.1) is 4.47 Å². The summed E-state index contributed by atoms with van der Waals surface area (Å²) >= 11 is 3.37. The molecule has 0 spiro atoms. The third kappa shape index (κ3) is 3.37. The second kappa shape index (κ2) is 5.36. The van der Waals surface area contributed by atoms with E-state index in [1.807, 2.05) is 0 Å². The monoisotopic (exact) mass is 330 g/mol. The van der Waals surface area contributed by atoms with Gasteiger partial charge in [-0.2, -0.15) is 0 Å². The smallest absolute Gasteiger partial charge is 0.185 e. The van der Waals surface area contributed by atoms with Crippen LogP contribution in [-0.2, 0) is 14.8 Å². The third-order valence-electron chi connectivity index (χ3n) is 2.83. The second-order valence-electron chi connectivity index (χ2n) is 5.55. The van der Waals surface area contributed by atoms with Crippen LogP contribution in [0.5, 0.6) is 0 Å². The Morgan fingerprint density at radius 3 is 2.28 bits per heavy atom. The lowest BCUT2D eigenvalue weighted by Gasteiger charge is -2.40. The molecule has 0 aromatic carbocycles. The summed E-state index contributed by atoms with van der Waals surface area (Å²) in [6, 6.07) is 0. The Morgan fingerprint density at radius 1 is 1.22 bits per heavy atom. The van der Waals surface area contributed by atoms with Gasteiger partial charge in [0.1, 0.15) is 5.60 Å². The van der Waals surface area contributed by atoms with Crippen LogP contribution >= 0.6 is 15.9 Å². The van der Waals surface area contributed by atoms with Gasteiger partial charge in [-0.1, -0.05) is 0 Å². The Labute approximate surface area is 117 Å². The average molecular weight is 331 g/mol. The average Bonchev–Trinajstić information content (AvgIpc) is 2.28. The lowest BCUT2D eigenvalue weighted by Crippen LogP contribution is -2.45. The molecule has 0 aliphatic carbocycles. The number of rotatable bonds is 3. The van der Waals surface area contributed by atoms with Crippen LogP contribution in [0.3, 0.4) is 0 Å². The van der Waals surface area contributed by atoms with Crippen LogP contribution < -0.4 is 0 Å². The van der Waals surface area contributed by atoms with Crippen LogP contribution in [0.1, 0.15) is 18.7 Å². The van der Waals surface area contributed by atoms with E-state index in [1.165, 1.54) is 0 Å². The van der Waals surface area contributed by atoms with Crippen molar-refractivity contribution in [1.29, 1.82) is 0 Å². The highest BCUT2D eigenvalue weighted by Crippen LogP contribution is 2.36. The summed E-state index contributed by atoms with van der Waals surface area (Å²) < 4.78 is 12.8. The molecule has 1 aliphatic heterocycles. The molecule has 1 saturated heterocycles. The molecule has 18 heavy (non-hydrogen) atoms. The van der Waals surface area contributed by atoms with E-state index in [1.54, 1.807) is 12.4 Å². The molecule has 1 aliphatic rings. The molecule has 1 aromatic heterocycles. The summed E-state index contributed by atoms with van der Waals surface area (Å²) in [5.74, 6) is 0.788. The van der Waals surface area contributed by atoms with E-state index >= 15 is 0 Å². The van der Waals surface area contributed by atoms with Gasteiger partial charge in [0.25, 0.3) is 0 Å². The van der Waals surface area contributed by atoms with Gasteiger partial charge >= 0.3 is 0 Å². The van der Waals surface area contributed by atoms with Crippen LogP contribution in [0.2, 0.25) is 19.6 Å². The Balaban J connectivity index is 2.32. The lowest BCUT2D eigenvalue weighted by atomic mass is 9.93. The van der Waals surface area contributed by atoms with Gasteiger partial charge in [0.15, 0.2) is 14.1 Å². The molecule has 4 nitrogen and oxygen atoms in total. The van der Waals surface area contributed by atoms with Crippen molar-refractivity contribution in [2.45, 2.75) is 38.1 Å². The van der Waals surface area contributed by atoms with Crippen molar-refractivity contribution in [3.8, 4) is 0 Å². The molecule has 0 N–H and O–H groups in total. The largest absolute Gasteiger partial charge is 0.405 e. The third-order valence-corrected chi connectivity index (χ3v) is 4.24. The van der Waals surface area contributed by atoms with Crippen molar-refractivity contribution in [3.05, 3.63) is 22.7 Å². The molecule has 2 rings (SSSR count). The number of ether oxygens (including phenoxy) is 1. The quantitative estimate of drug-likeness (QED) is 0.799. The zero-order valence-electron chi connectivity index (χ0n) is 11.1. The molecule has 6 heteroatoms. The topological polar surface area (TPSA) is 44.2 Å². The molecule has 0 amide bonds. The van der Waals surface area contributed by atoms with Crippen LogP contribution in [0, 0.1) is 0 Å². The van der Waals surface area contributed by atoms with Crippen LogP contribution in [-0.4, -0.2) is 31.5 Å². The minimum absolute atomic E-state index is 0.358. The summed E-state index contributed by atoms with van der Waals surface area (Å²) in [7, 11) is -1.66. The minimum Gasteiger partial charge on any atom is -0.405 e. The van der Waals surface area contributed by atoms with Gasteiger partial charge in [-0.25, -0.2) is 9.97 Å². The summed E-state index contributed by atoms with van der Waals surface area (Å²) in [6.07, 6.45) is 5.23. The molecule has 2 heterocycles. The molecule has 0 saturated carbocycles. The van der Waals surface area contributed by atoms with Crippen molar-refractivity contribution < 1.29 is 9.16 Å². The zero-order chi connectivity index (χ0) is 13.2. The van der Waals surface area contributed by atoms with Gasteiger partial charge in [0, 0.05) is 38.4 Å². The van der Waals surface area contributed by atoms with E-state index in [4.69, 9.17) is 9.16 Å². The first-order valence-electron chi connectivity index (χ1n) is 6.17. The molecule has 0 unspecified atom stereocenters. The first-order chi connectivity index (χ1) is 8.41. The van der Waals surface area contributed by atoms with Crippen molar-refractivity contribution >= 4 is 24.2 Å². The van der Waals surface area contributed by atoms with Crippen molar-refractivity contribution in [3.63, 3.8) is 0 Å². The van der Waals surface area contributed by atoms with Gasteiger partial charge < -0.3 is 9.16 Å². The second-order valence-corrected chi connectivity index (χ2v) is 10.9. The normalized spacial score (nSPS) is 19.8. The summed E-state index contributed by atoms with van der Waals surface area (Å²) in [4.78, 5) is 8.88. The standard InChI is InChI=1S/C12H19BrN2O2Si/c1-18(2,3)17-12(4-6-16-7-5-12)11-14-8-10(13)9-15-11/h8-9H,4-7H2,1-3H3. The highest BCUT2D eigenvalue weighted by molar-refractivity contribution is 9.10. The number of nitrogens with zero attached hydrogens (tertiary/aromatic N) is 2.